The number of aromatic nitrogens is 3. The van der Waals surface area contributed by atoms with E-state index in [2.05, 4.69) is 9.88 Å². The van der Waals surface area contributed by atoms with Gasteiger partial charge >= 0.3 is 0 Å². The monoisotopic (exact) mass is 463 g/mol. The summed E-state index contributed by atoms with van der Waals surface area (Å²) in [6.07, 6.45) is 3.17. The lowest BCUT2D eigenvalue weighted by Crippen LogP contribution is -2.41. The predicted molar refractivity (Wildman–Crippen MR) is 114 cm³/mol. The number of hydrogen-bond donors (Lipinski definition) is 0. The minimum atomic E-state index is -3.70. The highest BCUT2D eigenvalue weighted by Crippen LogP contribution is 2.41. The van der Waals surface area contributed by atoms with Gasteiger partial charge in [-0.2, -0.15) is 5.10 Å². The first kappa shape index (κ1) is 21.5. The zero-order valence-electron chi connectivity index (χ0n) is 17.7. The molecule has 0 N–H and O–H groups in total. The molecular formula is C21H26FN5O4S. The molecule has 9 nitrogen and oxygen atoms in total. The van der Waals surface area contributed by atoms with Gasteiger partial charge in [0.2, 0.25) is 9.84 Å². The van der Waals surface area contributed by atoms with Gasteiger partial charge in [0.15, 0.2) is 10.7 Å². The Hall–Kier alpha value is -2.37. The molecule has 2 aromatic heterocycles. The van der Waals surface area contributed by atoms with E-state index in [0.29, 0.717) is 56.2 Å². The van der Waals surface area contributed by atoms with Crippen LogP contribution >= 0.6 is 0 Å². The molecule has 172 valence electrons. The second-order valence-corrected chi connectivity index (χ2v) is 10.3. The van der Waals surface area contributed by atoms with Crippen LogP contribution in [-0.2, 0) is 20.3 Å². The van der Waals surface area contributed by atoms with Gasteiger partial charge in [-0.05, 0) is 31.5 Å². The van der Waals surface area contributed by atoms with Gasteiger partial charge in [0.05, 0.1) is 30.7 Å². The number of amides is 1. The van der Waals surface area contributed by atoms with E-state index in [1.54, 1.807) is 17.0 Å². The van der Waals surface area contributed by atoms with Crippen molar-refractivity contribution in [2.75, 3.05) is 52.6 Å². The summed E-state index contributed by atoms with van der Waals surface area (Å²) in [5.74, 6) is -0.583. The van der Waals surface area contributed by atoms with Crippen molar-refractivity contribution in [3.63, 3.8) is 0 Å². The fourth-order valence-corrected chi connectivity index (χ4v) is 6.39. The summed E-state index contributed by atoms with van der Waals surface area (Å²) < 4.78 is 46.2. The molecule has 5 rings (SSSR count). The molecule has 2 aromatic rings. The number of rotatable bonds is 4. The number of hydrogen-bond acceptors (Lipinski definition) is 7. The number of nitrogens with zero attached hydrogens (tertiary/aromatic N) is 5. The number of morpholine rings is 1. The number of pyridine rings is 1. The molecule has 1 amide bonds. The molecule has 0 aliphatic carbocycles. The van der Waals surface area contributed by atoms with Gasteiger partial charge in [-0.15, -0.1) is 0 Å². The third-order valence-corrected chi connectivity index (χ3v) is 7.98. The number of alkyl halides is 1. The van der Waals surface area contributed by atoms with Crippen molar-refractivity contribution in [3.05, 3.63) is 29.6 Å². The van der Waals surface area contributed by atoms with Crippen LogP contribution in [0.5, 0.6) is 0 Å². The number of carbonyl (C=O) groups is 1. The van der Waals surface area contributed by atoms with Crippen molar-refractivity contribution in [3.8, 4) is 11.3 Å². The highest BCUT2D eigenvalue weighted by atomic mass is 32.2. The average Bonchev–Trinajstić information content (AvgIpc) is 3.18. The first-order chi connectivity index (χ1) is 15.5. The van der Waals surface area contributed by atoms with Crippen LogP contribution in [0.2, 0.25) is 0 Å². The lowest BCUT2D eigenvalue weighted by molar-refractivity contribution is 0.0297. The van der Waals surface area contributed by atoms with Gasteiger partial charge in [0.25, 0.3) is 5.91 Å². The predicted octanol–water partition coefficient (Wildman–Crippen LogP) is 1.31. The average molecular weight is 464 g/mol. The molecule has 1 unspecified atom stereocenters. The molecule has 32 heavy (non-hydrogen) atoms. The fraction of sp³-hybridized carbons (Fsp3) is 0.571. The van der Waals surface area contributed by atoms with Crippen LogP contribution in [-0.4, -0.2) is 91.5 Å². The van der Waals surface area contributed by atoms with Crippen LogP contribution in [0, 0.1) is 0 Å². The first-order valence-electron chi connectivity index (χ1n) is 10.9. The largest absolute Gasteiger partial charge is 0.378 e. The van der Waals surface area contributed by atoms with Crippen molar-refractivity contribution in [1.82, 2.24) is 24.6 Å². The van der Waals surface area contributed by atoms with Crippen molar-refractivity contribution >= 4 is 15.7 Å². The van der Waals surface area contributed by atoms with E-state index in [1.165, 1.54) is 6.20 Å². The minimum absolute atomic E-state index is 0.0236. The second-order valence-electron chi connectivity index (χ2n) is 8.43. The summed E-state index contributed by atoms with van der Waals surface area (Å²) in [5.41, 5.74) is 1.74. The Bertz CT molecular complexity index is 1130. The summed E-state index contributed by atoms with van der Waals surface area (Å²) in [6.45, 7) is 3.13. The normalized spacial score (nSPS) is 22.9. The Morgan fingerprint density at radius 2 is 2.06 bits per heavy atom. The molecular weight excluding hydrogens is 437 g/mol. The summed E-state index contributed by atoms with van der Waals surface area (Å²) in [6, 6.07) is 3.34. The Labute approximate surface area is 186 Å². The molecule has 0 saturated carbocycles. The van der Waals surface area contributed by atoms with Crippen LogP contribution in [0.25, 0.3) is 11.3 Å². The van der Waals surface area contributed by atoms with Gasteiger partial charge in [-0.3, -0.25) is 14.4 Å². The number of carbonyl (C=O) groups excluding carboxylic acids is 1. The van der Waals surface area contributed by atoms with Crippen LogP contribution in [0.4, 0.5) is 4.39 Å². The quantitative estimate of drug-likeness (QED) is 0.674. The van der Waals surface area contributed by atoms with E-state index in [0.717, 1.165) is 19.4 Å². The second kappa shape index (κ2) is 8.53. The molecule has 0 radical (unpaired) electrons. The van der Waals surface area contributed by atoms with E-state index >= 15 is 0 Å². The van der Waals surface area contributed by atoms with Crippen molar-refractivity contribution < 1.29 is 22.3 Å². The number of halogens is 1. The molecule has 3 aliphatic heterocycles. The Balaban J connectivity index is 1.64. The molecule has 5 heterocycles. The molecule has 0 spiro atoms. The van der Waals surface area contributed by atoms with E-state index < -0.39 is 16.5 Å². The number of piperidine rings is 1. The molecule has 11 heteroatoms. The highest BCUT2D eigenvalue weighted by Gasteiger charge is 2.39. The summed E-state index contributed by atoms with van der Waals surface area (Å²) >= 11 is 0. The third-order valence-electron chi connectivity index (χ3n) is 6.39. The first-order valence-corrected chi connectivity index (χ1v) is 12.6. The number of ether oxygens (including phenoxy) is 1. The number of likely N-dealkylation sites (tertiary alicyclic amines) is 1. The number of fused-ring (bicyclic) bond motifs is 3. The van der Waals surface area contributed by atoms with Crippen LogP contribution in [0.15, 0.2) is 23.4 Å². The Kier molecular flexibility index (Phi) is 5.72. The SMILES string of the molecule is O=C(c1nn(C2CCCN(CCF)C2)c2c1CS(=O)(=O)c1ncccc1-2)N1CCOCC1. The van der Waals surface area contributed by atoms with Crippen molar-refractivity contribution in [2.45, 2.75) is 29.7 Å². The number of sulfone groups is 1. The zero-order chi connectivity index (χ0) is 22.3. The maximum atomic E-state index is 13.4. The Morgan fingerprint density at radius 1 is 1.25 bits per heavy atom. The molecule has 3 aliphatic rings. The van der Waals surface area contributed by atoms with E-state index in [-0.39, 0.29) is 28.4 Å². The summed E-state index contributed by atoms with van der Waals surface area (Å²) in [4.78, 5) is 21.2. The standard InChI is InChI=1S/C21H26FN5O4S/c22-5-8-25-7-2-3-15(13-25)27-19-16-4-1-6-23-20(16)32(29,30)14-17(19)18(24-27)21(28)26-9-11-31-12-10-26/h1,4,6,15H,2-3,5,7-14H2. The fourth-order valence-electron chi connectivity index (χ4n) is 4.87. The lowest BCUT2D eigenvalue weighted by atomic mass is 10.0. The summed E-state index contributed by atoms with van der Waals surface area (Å²) in [7, 11) is -3.70. The highest BCUT2D eigenvalue weighted by molar-refractivity contribution is 7.90. The van der Waals surface area contributed by atoms with Gasteiger partial charge < -0.3 is 9.64 Å². The van der Waals surface area contributed by atoms with Gasteiger partial charge in [-0.1, -0.05) is 0 Å². The molecule has 0 bridgehead atoms. The van der Waals surface area contributed by atoms with Gasteiger partial charge in [0.1, 0.15) is 6.67 Å². The molecule has 2 fully saturated rings. The molecule has 2 saturated heterocycles. The van der Waals surface area contributed by atoms with Gasteiger partial charge in [-0.25, -0.2) is 17.8 Å². The lowest BCUT2D eigenvalue weighted by Gasteiger charge is -2.33. The maximum Gasteiger partial charge on any atom is 0.274 e. The minimum Gasteiger partial charge on any atom is -0.378 e. The van der Waals surface area contributed by atoms with Crippen LogP contribution in [0.1, 0.15) is 34.9 Å². The third kappa shape index (κ3) is 3.71. The van der Waals surface area contributed by atoms with E-state index in [4.69, 9.17) is 9.84 Å². The summed E-state index contributed by atoms with van der Waals surface area (Å²) in [5, 5.41) is 4.75. The van der Waals surface area contributed by atoms with E-state index in [9.17, 15) is 17.6 Å². The van der Waals surface area contributed by atoms with Gasteiger partial charge in [0, 0.05) is 43.5 Å². The van der Waals surface area contributed by atoms with Crippen LogP contribution < -0.4 is 0 Å². The van der Waals surface area contributed by atoms with E-state index in [1.807, 2.05) is 4.68 Å². The molecule has 0 aromatic carbocycles. The molecule has 1 atom stereocenters. The maximum absolute atomic E-state index is 13.4. The zero-order valence-corrected chi connectivity index (χ0v) is 18.6. The topological polar surface area (TPSA) is 97.6 Å². The Morgan fingerprint density at radius 3 is 2.84 bits per heavy atom. The van der Waals surface area contributed by atoms with Crippen molar-refractivity contribution in [1.29, 1.82) is 0 Å². The van der Waals surface area contributed by atoms with Crippen molar-refractivity contribution in [2.24, 2.45) is 0 Å². The smallest absolute Gasteiger partial charge is 0.274 e. The van der Waals surface area contributed by atoms with Crippen LogP contribution in [0.3, 0.4) is 0 Å².